The zero-order valence-electron chi connectivity index (χ0n) is 16.3. The number of hydrogen-bond acceptors (Lipinski definition) is 3. The first-order valence-corrected chi connectivity index (χ1v) is 9.37. The van der Waals surface area contributed by atoms with E-state index < -0.39 is 0 Å². The van der Waals surface area contributed by atoms with Crippen molar-refractivity contribution in [3.63, 3.8) is 0 Å². The van der Waals surface area contributed by atoms with Gasteiger partial charge in [0.25, 0.3) is 0 Å². The highest BCUT2D eigenvalue weighted by Gasteiger charge is 2.10. The van der Waals surface area contributed by atoms with E-state index in [2.05, 4.69) is 13.8 Å². The predicted octanol–water partition coefficient (Wildman–Crippen LogP) is 6.46. The number of halogens is 1. The molecule has 0 aliphatic rings. The summed E-state index contributed by atoms with van der Waals surface area (Å²) < 4.78 is 0. The van der Waals surface area contributed by atoms with Gasteiger partial charge in [0.1, 0.15) is 5.75 Å². The zero-order chi connectivity index (χ0) is 20.1. The third-order valence-electron chi connectivity index (χ3n) is 4.02. The molecule has 0 bridgehead atoms. The average Bonchev–Trinajstić information content (AvgIpc) is 2.68. The summed E-state index contributed by atoms with van der Waals surface area (Å²) in [7, 11) is 0. The molecule has 0 fully saturated rings. The zero-order valence-corrected chi connectivity index (χ0v) is 17.0. The van der Waals surface area contributed by atoms with Crippen LogP contribution in [0.4, 0.5) is 0 Å². The van der Waals surface area contributed by atoms with E-state index in [1.807, 2.05) is 39.0 Å². The molecule has 4 heteroatoms. The summed E-state index contributed by atoms with van der Waals surface area (Å²) >= 11 is 5.90. The number of phenols is 1. The number of rotatable bonds is 5. The fraction of sp³-hybridized carbons (Fsp3) is 0.364. The van der Waals surface area contributed by atoms with Gasteiger partial charge in [-0.1, -0.05) is 70.5 Å². The van der Waals surface area contributed by atoms with Crippen LogP contribution < -0.4 is 0 Å². The van der Waals surface area contributed by atoms with E-state index in [-0.39, 0.29) is 5.75 Å². The van der Waals surface area contributed by atoms with Crippen LogP contribution in [0.3, 0.4) is 0 Å². The van der Waals surface area contributed by atoms with Gasteiger partial charge in [0.15, 0.2) is 12.6 Å². The second-order valence-electron chi connectivity index (χ2n) is 5.49. The molecule has 0 saturated heterocycles. The standard InChI is InChI=1S/C11H13ClO.C9H10O2.C2H6/c1-3-8(2)9-5-4-6-11(12)10(9)7-13;1-2-7-4-3-5-9(11)8(7)6-10;1-2/h4-8H,3H2,1-2H3;3-6,11H,2H2,1H3;1-2H3. The molecule has 2 aromatic rings. The predicted molar refractivity (Wildman–Crippen MR) is 110 cm³/mol. The fourth-order valence-electron chi connectivity index (χ4n) is 2.37. The maximum absolute atomic E-state index is 10.8. The first-order chi connectivity index (χ1) is 12.5. The Morgan fingerprint density at radius 2 is 1.58 bits per heavy atom. The van der Waals surface area contributed by atoms with Crippen LogP contribution in [0.2, 0.25) is 5.02 Å². The second-order valence-corrected chi connectivity index (χ2v) is 5.90. The van der Waals surface area contributed by atoms with Crippen LogP contribution in [0.5, 0.6) is 5.75 Å². The topological polar surface area (TPSA) is 54.4 Å². The summed E-state index contributed by atoms with van der Waals surface area (Å²) in [5, 5.41) is 9.74. The van der Waals surface area contributed by atoms with E-state index in [0.29, 0.717) is 28.4 Å². The van der Waals surface area contributed by atoms with Crippen LogP contribution >= 0.6 is 11.6 Å². The van der Waals surface area contributed by atoms with E-state index in [9.17, 15) is 14.7 Å². The Labute approximate surface area is 162 Å². The maximum atomic E-state index is 10.8. The molecule has 2 rings (SSSR count). The van der Waals surface area contributed by atoms with Gasteiger partial charge in [0.2, 0.25) is 0 Å². The van der Waals surface area contributed by atoms with Gasteiger partial charge in [-0.05, 0) is 42.0 Å². The Balaban J connectivity index is 0.000000444. The number of carbonyl (C=O) groups excluding carboxylic acids is 2. The fourth-order valence-corrected chi connectivity index (χ4v) is 2.60. The first kappa shape index (κ1) is 23.9. The van der Waals surface area contributed by atoms with Gasteiger partial charge in [-0.2, -0.15) is 0 Å². The van der Waals surface area contributed by atoms with Crippen LogP contribution in [0, 0.1) is 0 Å². The van der Waals surface area contributed by atoms with Gasteiger partial charge in [0.05, 0.1) is 10.6 Å². The van der Waals surface area contributed by atoms with Gasteiger partial charge < -0.3 is 5.11 Å². The van der Waals surface area contributed by atoms with Gasteiger partial charge in [-0.3, -0.25) is 9.59 Å². The number of carbonyl (C=O) groups is 2. The molecule has 1 unspecified atom stereocenters. The lowest BCUT2D eigenvalue weighted by molar-refractivity contribution is 0.111. The summed E-state index contributed by atoms with van der Waals surface area (Å²) in [4.78, 5) is 21.2. The molecule has 2 aromatic carbocycles. The Hall–Kier alpha value is -2.13. The van der Waals surface area contributed by atoms with Crippen molar-refractivity contribution in [2.24, 2.45) is 0 Å². The molecule has 1 N–H and O–H groups in total. The summed E-state index contributed by atoms with van der Waals surface area (Å²) in [6, 6.07) is 10.7. The Morgan fingerprint density at radius 3 is 2.04 bits per heavy atom. The molecule has 0 aliphatic carbocycles. The molecule has 0 aliphatic heterocycles. The number of aryl methyl sites for hydroxylation is 1. The number of phenolic OH excluding ortho intramolecular Hbond substituents is 1. The highest BCUT2D eigenvalue weighted by atomic mass is 35.5. The lowest BCUT2D eigenvalue weighted by atomic mass is 9.94. The summed E-state index contributed by atoms with van der Waals surface area (Å²) in [5.74, 6) is 0.457. The molecule has 0 saturated carbocycles. The third-order valence-corrected chi connectivity index (χ3v) is 4.35. The quantitative estimate of drug-likeness (QED) is 0.609. The largest absolute Gasteiger partial charge is 0.507 e. The lowest BCUT2D eigenvalue weighted by Gasteiger charge is -2.12. The molecular weight excluding hydrogens is 348 g/mol. The van der Waals surface area contributed by atoms with Crippen molar-refractivity contribution in [1.29, 1.82) is 0 Å². The number of hydrogen-bond donors (Lipinski definition) is 1. The highest BCUT2D eigenvalue weighted by Crippen LogP contribution is 2.26. The van der Waals surface area contributed by atoms with Gasteiger partial charge in [0, 0.05) is 5.56 Å². The summed E-state index contributed by atoms with van der Waals surface area (Å²) in [6.07, 6.45) is 3.31. The molecule has 0 spiro atoms. The van der Waals surface area contributed by atoms with Gasteiger partial charge in [-0.15, -0.1) is 0 Å². The van der Waals surface area contributed by atoms with Crippen molar-refractivity contribution >= 4 is 24.2 Å². The van der Waals surface area contributed by atoms with E-state index in [1.165, 1.54) is 6.07 Å². The minimum atomic E-state index is 0.0688. The Kier molecular flexibility index (Phi) is 12.0. The van der Waals surface area contributed by atoms with Gasteiger partial charge >= 0.3 is 0 Å². The van der Waals surface area contributed by atoms with E-state index >= 15 is 0 Å². The van der Waals surface area contributed by atoms with Crippen LogP contribution in [-0.2, 0) is 6.42 Å². The maximum Gasteiger partial charge on any atom is 0.154 e. The van der Waals surface area contributed by atoms with E-state index in [1.54, 1.807) is 12.1 Å². The third kappa shape index (κ3) is 6.64. The second kappa shape index (κ2) is 13.1. The highest BCUT2D eigenvalue weighted by molar-refractivity contribution is 6.33. The van der Waals surface area contributed by atoms with Crippen LogP contribution in [-0.4, -0.2) is 17.7 Å². The van der Waals surface area contributed by atoms with E-state index in [0.717, 1.165) is 30.3 Å². The summed E-state index contributed by atoms with van der Waals surface area (Å²) in [6.45, 7) is 10.1. The molecule has 26 heavy (non-hydrogen) atoms. The number of benzene rings is 2. The van der Waals surface area contributed by atoms with Crippen molar-refractivity contribution < 1.29 is 14.7 Å². The minimum Gasteiger partial charge on any atom is -0.507 e. The number of aromatic hydroxyl groups is 1. The first-order valence-electron chi connectivity index (χ1n) is 8.99. The SMILES string of the molecule is CC.CCC(C)c1cccc(Cl)c1C=O.CCc1cccc(O)c1C=O. The Morgan fingerprint density at radius 1 is 1.00 bits per heavy atom. The van der Waals surface area contributed by atoms with Crippen molar-refractivity contribution in [2.75, 3.05) is 0 Å². The molecule has 142 valence electrons. The van der Waals surface area contributed by atoms with Crippen molar-refractivity contribution in [2.45, 2.75) is 53.4 Å². The van der Waals surface area contributed by atoms with Crippen molar-refractivity contribution in [3.8, 4) is 5.75 Å². The van der Waals surface area contributed by atoms with Crippen LogP contribution in [0.1, 0.15) is 78.8 Å². The average molecular weight is 377 g/mol. The van der Waals surface area contributed by atoms with Crippen molar-refractivity contribution in [3.05, 3.63) is 63.7 Å². The molecule has 0 amide bonds. The smallest absolute Gasteiger partial charge is 0.154 e. The molecule has 1 atom stereocenters. The minimum absolute atomic E-state index is 0.0688. The molecule has 0 aromatic heterocycles. The Bertz CT molecular complexity index is 696. The van der Waals surface area contributed by atoms with Crippen LogP contribution in [0.15, 0.2) is 36.4 Å². The summed E-state index contributed by atoms with van der Waals surface area (Å²) in [5.41, 5.74) is 2.98. The van der Waals surface area contributed by atoms with Gasteiger partial charge in [-0.25, -0.2) is 0 Å². The molecule has 0 heterocycles. The van der Waals surface area contributed by atoms with E-state index in [4.69, 9.17) is 11.6 Å². The van der Waals surface area contributed by atoms with Crippen molar-refractivity contribution in [1.82, 2.24) is 0 Å². The lowest BCUT2D eigenvalue weighted by Crippen LogP contribution is -1.97. The molecule has 3 nitrogen and oxygen atoms in total. The molecule has 0 radical (unpaired) electrons. The number of aldehydes is 2. The molecular formula is C22H29ClO3. The monoisotopic (exact) mass is 376 g/mol. The normalized spacial score (nSPS) is 10.5. The van der Waals surface area contributed by atoms with Crippen LogP contribution in [0.25, 0.3) is 0 Å².